The van der Waals surface area contributed by atoms with Gasteiger partial charge in [-0.3, -0.25) is 0 Å². The van der Waals surface area contributed by atoms with Gasteiger partial charge in [0.05, 0.1) is 0 Å². The van der Waals surface area contributed by atoms with E-state index in [1.807, 2.05) is 18.2 Å². The molecule has 152 valence electrons. The van der Waals surface area contributed by atoms with Gasteiger partial charge in [0.1, 0.15) is 5.75 Å². The first kappa shape index (κ1) is 19.9. The predicted molar refractivity (Wildman–Crippen MR) is 121 cm³/mol. The Hall–Kier alpha value is -3.40. The first-order valence-electron chi connectivity index (χ1n) is 10.3. The molecule has 0 saturated heterocycles. The number of aromatic hydroxyl groups is 1. The molecule has 0 aliphatic carbocycles. The number of benzene rings is 3. The highest BCUT2D eigenvalue weighted by atomic mass is 16.3. The molecule has 4 aromatic rings. The quantitative estimate of drug-likeness (QED) is 0.459. The molecule has 0 atom stereocenters. The molecule has 0 amide bonds. The zero-order valence-electron chi connectivity index (χ0n) is 17.7. The molecule has 0 unspecified atom stereocenters. The van der Waals surface area contributed by atoms with E-state index in [0.717, 1.165) is 35.7 Å². The van der Waals surface area contributed by atoms with Crippen molar-refractivity contribution < 1.29 is 5.11 Å². The van der Waals surface area contributed by atoms with Crippen molar-refractivity contribution in [3.05, 3.63) is 90.0 Å². The molecule has 0 fully saturated rings. The van der Waals surface area contributed by atoms with Gasteiger partial charge in [0.25, 0.3) is 0 Å². The zero-order valence-corrected chi connectivity index (χ0v) is 17.7. The molecule has 3 aromatic carbocycles. The lowest BCUT2D eigenvalue weighted by Crippen LogP contribution is -2.10. The maximum Gasteiger partial charge on any atom is 0.164 e. The van der Waals surface area contributed by atoms with E-state index in [2.05, 4.69) is 84.1 Å². The van der Waals surface area contributed by atoms with Crippen LogP contribution in [0.4, 0.5) is 0 Å². The average Bonchev–Trinajstić information content (AvgIpc) is 3.17. The minimum atomic E-state index is 0.108. The van der Waals surface area contributed by atoms with Gasteiger partial charge in [-0.05, 0) is 47.2 Å². The van der Waals surface area contributed by atoms with Crippen LogP contribution in [0, 0.1) is 0 Å². The molecule has 0 aliphatic heterocycles. The van der Waals surface area contributed by atoms with Crippen LogP contribution in [0.15, 0.2) is 78.9 Å². The third kappa shape index (κ3) is 4.28. The summed E-state index contributed by atoms with van der Waals surface area (Å²) in [6.07, 6.45) is 0.886. The largest absolute Gasteiger partial charge is 0.508 e. The second kappa shape index (κ2) is 8.15. The lowest BCUT2D eigenvalue weighted by atomic mass is 9.86. The van der Waals surface area contributed by atoms with Crippen LogP contribution in [0.3, 0.4) is 0 Å². The molecule has 0 radical (unpaired) electrons. The predicted octanol–water partition coefficient (Wildman–Crippen LogP) is 5.86. The Kier molecular flexibility index (Phi) is 5.40. The molecular formula is C26H27N3O. The van der Waals surface area contributed by atoms with Crippen molar-refractivity contribution in [2.45, 2.75) is 39.2 Å². The molecule has 0 spiro atoms. The third-order valence-corrected chi connectivity index (χ3v) is 5.35. The minimum Gasteiger partial charge on any atom is -0.508 e. The van der Waals surface area contributed by atoms with Crippen molar-refractivity contribution in [1.29, 1.82) is 0 Å². The van der Waals surface area contributed by atoms with Crippen LogP contribution < -0.4 is 0 Å². The number of aryl methyl sites for hydroxylation is 1. The second-order valence-corrected chi connectivity index (χ2v) is 8.61. The lowest BCUT2D eigenvalue weighted by Gasteiger charge is -2.19. The first-order valence-corrected chi connectivity index (χ1v) is 10.3. The zero-order chi connectivity index (χ0) is 21.1. The Labute approximate surface area is 177 Å². The molecule has 4 nitrogen and oxygen atoms in total. The van der Waals surface area contributed by atoms with Crippen LogP contribution in [0.5, 0.6) is 5.75 Å². The number of rotatable bonds is 5. The van der Waals surface area contributed by atoms with Gasteiger partial charge in [-0.1, -0.05) is 75.4 Å². The van der Waals surface area contributed by atoms with Crippen molar-refractivity contribution in [2.75, 3.05) is 0 Å². The fourth-order valence-corrected chi connectivity index (χ4v) is 3.56. The van der Waals surface area contributed by atoms with Crippen LogP contribution in [0.25, 0.3) is 22.8 Å². The fourth-order valence-electron chi connectivity index (χ4n) is 3.56. The molecule has 4 rings (SSSR count). The highest BCUT2D eigenvalue weighted by Crippen LogP contribution is 2.29. The molecule has 0 aliphatic rings. The maximum atomic E-state index is 9.66. The van der Waals surface area contributed by atoms with Gasteiger partial charge in [0.2, 0.25) is 0 Å². The normalized spacial score (nSPS) is 11.6. The summed E-state index contributed by atoms with van der Waals surface area (Å²) in [4.78, 5) is 0. The molecule has 4 heteroatoms. The number of phenols is 1. The van der Waals surface area contributed by atoms with E-state index in [0.29, 0.717) is 0 Å². The van der Waals surface area contributed by atoms with Gasteiger partial charge < -0.3 is 9.67 Å². The molecule has 1 aromatic heterocycles. The fraction of sp³-hybridized carbons (Fsp3) is 0.231. The van der Waals surface area contributed by atoms with Crippen LogP contribution in [0.2, 0.25) is 0 Å². The molecule has 0 bridgehead atoms. The number of aromatic nitrogens is 3. The van der Waals surface area contributed by atoms with Gasteiger partial charge >= 0.3 is 0 Å². The van der Waals surface area contributed by atoms with Gasteiger partial charge in [-0.25, -0.2) is 0 Å². The number of phenolic OH excluding ortho intramolecular Hbond substituents is 1. The lowest BCUT2D eigenvalue weighted by molar-refractivity contribution is 0.475. The topological polar surface area (TPSA) is 50.9 Å². The van der Waals surface area contributed by atoms with Crippen molar-refractivity contribution >= 4 is 0 Å². The van der Waals surface area contributed by atoms with Gasteiger partial charge in [-0.2, -0.15) is 0 Å². The summed E-state index contributed by atoms with van der Waals surface area (Å²) >= 11 is 0. The monoisotopic (exact) mass is 397 g/mol. The van der Waals surface area contributed by atoms with Gasteiger partial charge in [0, 0.05) is 17.7 Å². The number of hydrogen-bond acceptors (Lipinski definition) is 3. The maximum absolute atomic E-state index is 9.66. The van der Waals surface area contributed by atoms with E-state index in [1.54, 1.807) is 12.1 Å². The molecule has 0 saturated carbocycles. The standard InChI is InChI=1S/C26H27N3O/c1-26(2,3)22-13-9-20(10-14-22)24-27-28-25(21-11-15-23(30)16-12-21)29(24)18-17-19-7-5-4-6-8-19/h4-16,30H,17-18H2,1-3H3. The Morgan fingerprint density at radius 2 is 1.27 bits per heavy atom. The number of hydrogen-bond donors (Lipinski definition) is 1. The highest BCUT2D eigenvalue weighted by Gasteiger charge is 2.17. The van der Waals surface area contributed by atoms with E-state index in [9.17, 15) is 5.11 Å². The van der Waals surface area contributed by atoms with Crippen LogP contribution >= 0.6 is 0 Å². The molecule has 30 heavy (non-hydrogen) atoms. The van der Waals surface area contributed by atoms with Crippen molar-refractivity contribution in [1.82, 2.24) is 14.8 Å². The summed E-state index contributed by atoms with van der Waals surface area (Å²) in [5, 5.41) is 18.7. The van der Waals surface area contributed by atoms with E-state index in [4.69, 9.17) is 0 Å². The summed E-state index contributed by atoms with van der Waals surface area (Å²) < 4.78 is 2.17. The second-order valence-electron chi connectivity index (χ2n) is 8.61. The van der Waals surface area contributed by atoms with E-state index in [1.165, 1.54) is 11.1 Å². The summed E-state index contributed by atoms with van der Waals surface area (Å²) in [6.45, 7) is 7.41. The Morgan fingerprint density at radius 3 is 1.80 bits per heavy atom. The average molecular weight is 398 g/mol. The van der Waals surface area contributed by atoms with Gasteiger partial charge in [-0.15, -0.1) is 10.2 Å². The highest BCUT2D eigenvalue weighted by molar-refractivity contribution is 5.63. The minimum absolute atomic E-state index is 0.108. The molecular weight excluding hydrogens is 370 g/mol. The SMILES string of the molecule is CC(C)(C)c1ccc(-c2nnc(-c3ccc(O)cc3)n2CCc2ccccc2)cc1. The summed E-state index contributed by atoms with van der Waals surface area (Å²) in [5.74, 6) is 1.90. The van der Waals surface area contributed by atoms with E-state index < -0.39 is 0 Å². The van der Waals surface area contributed by atoms with Crippen molar-refractivity contribution in [3.8, 4) is 28.5 Å². The van der Waals surface area contributed by atoms with E-state index in [-0.39, 0.29) is 11.2 Å². The smallest absolute Gasteiger partial charge is 0.164 e. The van der Waals surface area contributed by atoms with Crippen LogP contribution in [-0.2, 0) is 18.4 Å². The number of nitrogens with zero attached hydrogens (tertiary/aromatic N) is 3. The molecule has 1 N–H and O–H groups in total. The summed E-state index contributed by atoms with van der Waals surface area (Å²) in [5.41, 5.74) is 4.66. The van der Waals surface area contributed by atoms with Crippen LogP contribution in [0.1, 0.15) is 31.9 Å². The Bertz CT molecular complexity index is 1110. The van der Waals surface area contributed by atoms with Crippen LogP contribution in [-0.4, -0.2) is 19.9 Å². The summed E-state index contributed by atoms with van der Waals surface area (Å²) in [7, 11) is 0. The molecule has 1 heterocycles. The van der Waals surface area contributed by atoms with Gasteiger partial charge in [0.15, 0.2) is 11.6 Å². The third-order valence-electron chi connectivity index (χ3n) is 5.35. The Balaban J connectivity index is 1.73. The Morgan fingerprint density at radius 1 is 0.733 bits per heavy atom. The van der Waals surface area contributed by atoms with Crippen molar-refractivity contribution in [2.24, 2.45) is 0 Å². The van der Waals surface area contributed by atoms with Crippen molar-refractivity contribution in [3.63, 3.8) is 0 Å². The summed E-state index contributed by atoms with van der Waals surface area (Å²) in [6, 6.07) is 26.2. The van der Waals surface area contributed by atoms with E-state index >= 15 is 0 Å². The first-order chi connectivity index (χ1) is 14.4.